The third-order valence-corrected chi connectivity index (χ3v) is 4.09. The van der Waals surface area contributed by atoms with Crippen LogP contribution in [-0.4, -0.2) is 37.1 Å². The maximum Gasteiger partial charge on any atom is 0.125 e. The van der Waals surface area contributed by atoms with E-state index in [1.807, 2.05) is 18.3 Å². The third kappa shape index (κ3) is 4.63. The van der Waals surface area contributed by atoms with Crippen molar-refractivity contribution in [2.24, 2.45) is 0 Å². The van der Waals surface area contributed by atoms with Crippen LogP contribution >= 0.6 is 0 Å². The van der Waals surface area contributed by atoms with Gasteiger partial charge in [-0.2, -0.15) is 0 Å². The van der Waals surface area contributed by atoms with Crippen molar-refractivity contribution in [3.05, 3.63) is 65.0 Å². The molecule has 0 saturated heterocycles. The van der Waals surface area contributed by atoms with Crippen LogP contribution in [0.15, 0.2) is 42.6 Å². The molecule has 124 valence electrons. The number of aromatic nitrogens is 1. The predicted molar refractivity (Wildman–Crippen MR) is 95.8 cm³/mol. The molecule has 0 saturated carbocycles. The van der Waals surface area contributed by atoms with Crippen molar-refractivity contribution in [2.45, 2.75) is 32.8 Å². The van der Waals surface area contributed by atoms with Crippen LogP contribution in [0.4, 0.5) is 0 Å². The van der Waals surface area contributed by atoms with Crippen LogP contribution < -0.4 is 0 Å². The molecule has 1 heterocycles. The lowest BCUT2D eigenvalue weighted by Crippen LogP contribution is -2.21. The summed E-state index contributed by atoms with van der Waals surface area (Å²) in [5.74, 6) is 0. The number of likely N-dealkylation sites (N-methyl/N-ethyl adjacent to an activating group) is 1. The highest BCUT2D eigenvalue weighted by Gasteiger charge is 2.21. The van der Waals surface area contributed by atoms with Gasteiger partial charge in [0, 0.05) is 12.7 Å². The van der Waals surface area contributed by atoms with E-state index in [0.29, 0.717) is 6.61 Å². The van der Waals surface area contributed by atoms with Crippen LogP contribution in [0.3, 0.4) is 0 Å². The molecule has 0 aliphatic rings. The van der Waals surface area contributed by atoms with Crippen molar-refractivity contribution in [2.75, 3.05) is 27.2 Å². The minimum Gasteiger partial charge on any atom is -0.366 e. The lowest BCUT2D eigenvalue weighted by Gasteiger charge is -2.24. The first-order valence-electron chi connectivity index (χ1n) is 8.45. The topological polar surface area (TPSA) is 25.4 Å². The zero-order valence-electron chi connectivity index (χ0n) is 14.7. The fourth-order valence-electron chi connectivity index (χ4n) is 2.82. The Kier molecular flexibility index (Phi) is 6.75. The zero-order valence-corrected chi connectivity index (χ0v) is 14.7. The maximum atomic E-state index is 6.31. The van der Waals surface area contributed by atoms with Gasteiger partial charge in [-0.05, 0) is 55.8 Å². The van der Waals surface area contributed by atoms with E-state index in [0.717, 1.165) is 25.1 Å². The number of hydrogen-bond donors (Lipinski definition) is 0. The molecule has 0 bridgehead atoms. The van der Waals surface area contributed by atoms with Crippen LogP contribution in [0.1, 0.15) is 42.3 Å². The number of aryl methyl sites for hydroxylation is 2. The monoisotopic (exact) mass is 312 g/mol. The lowest BCUT2D eigenvalue weighted by molar-refractivity contribution is 0.0652. The quantitative estimate of drug-likeness (QED) is 0.740. The summed E-state index contributed by atoms with van der Waals surface area (Å²) in [6.45, 7) is 6.00. The van der Waals surface area contributed by atoms with E-state index >= 15 is 0 Å². The second kappa shape index (κ2) is 8.80. The molecule has 0 aliphatic carbocycles. The Morgan fingerprint density at radius 2 is 1.70 bits per heavy atom. The van der Waals surface area contributed by atoms with Crippen LogP contribution in [0, 0.1) is 0 Å². The predicted octanol–water partition coefficient (Wildman–Crippen LogP) is 3.87. The summed E-state index contributed by atoms with van der Waals surface area (Å²) in [4.78, 5) is 6.71. The summed E-state index contributed by atoms with van der Waals surface area (Å²) in [5.41, 5.74) is 4.99. The van der Waals surface area contributed by atoms with Gasteiger partial charge in [0.15, 0.2) is 0 Å². The maximum absolute atomic E-state index is 6.31. The van der Waals surface area contributed by atoms with Crippen molar-refractivity contribution in [1.29, 1.82) is 0 Å². The lowest BCUT2D eigenvalue weighted by atomic mass is 9.91. The Balaban J connectivity index is 2.41. The van der Waals surface area contributed by atoms with Gasteiger partial charge >= 0.3 is 0 Å². The van der Waals surface area contributed by atoms with E-state index in [2.05, 4.69) is 62.1 Å². The Bertz CT molecular complexity index is 574. The van der Waals surface area contributed by atoms with Crippen molar-refractivity contribution in [1.82, 2.24) is 9.88 Å². The average Bonchev–Trinajstić information content (AvgIpc) is 2.58. The number of rotatable bonds is 8. The molecule has 23 heavy (non-hydrogen) atoms. The van der Waals surface area contributed by atoms with Gasteiger partial charge in [0.05, 0.1) is 12.3 Å². The third-order valence-electron chi connectivity index (χ3n) is 4.09. The Morgan fingerprint density at radius 1 is 1.00 bits per heavy atom. The first-order chi connectivity index (χ1) is 11.2. The van der Waals surface area contributed by atoms with Crippen molar-refractivity contribution >= 4 is 0 Å². The van der Waals surface area contributed by atoms with Gasteiger partial charge in [-0.3, -0.25) is 4.98 Å². The van der Waals surface area contributed by atoms with Gasteiger partial charge in [-0.25, -0.2) is 0 Å². The second-order valence-electron chi connectivity index (χ2n) is 6.01. The number of hydrogen-bond acceptors (Lipinski definition) is 3. The molecular weight excluding hydrogens is 284 g/mol. The van der Waals surface area contributed by atoms with Crippen molar-refractivity contribution in [3.8, 4) is 0 Å². The fraction of sp³-hybridized carbons (Fsp3) is 0.450. The Hall–Kier alpha value is -1.71. The number of ether oxygens (including phenoxy) is 1. The minimum atomic E-state index is -0.0951. The zero-order chi connectivity index (χ0) is 16.7. The number of pyridine rings is 1. The molecule has 1 atom stereocenters. The van der Waals surface area contributed by atoms with E-state index in [1.54, 1.807) is 0 Å². The van der Waals surface area contributed by atoms with Gasteiger partial charge in [0.2, 0.25) is 0 Å². The summed E-state index contributed by atoms with van der Waals surface area (Å²) in [6.07, 6.45) is 3.76. The van der Waals surface area contributed by atoms with Crippen LogP contribution in [0.25, 0.3) is 0 Å². The van der Waals surface area contributed by atoms with Crippen LogP contribution in [0.5, 0.6) is 0 Å². The highest BCUT2D eigenvalue weighted by molar-refractivity contribution is 5.40. The molecule has 2 rings (SSSR count). The molecule has 0 N–H and O–H groups in total. The molecule has 0 radical (unpaired) electrons. The molecule has 2 aromatic rings. The molecule has 1 aromatic carbocycles. The normalized spacial score (nSPS) is 12.6. The minimum absolute atomic E-state index is 0.0951. The van der Waals surface area contributed by atoms with Crippen molar-refractivity contribution in [3.63, 3.8) is 0 Å². The molecule has 1 unspecified atom stereocenters. The smallest absolute Gasteiger partial charge is 0.125 e. The summed E-state index contributed by atoms with van der Waals surface area (Å²) >= 11 is 0. The van der Waals surface area contributed by atoms with E-state index in [-0.39, 0.29) is 6.10 Å². The molecule has 0 amide bonds. The Labute approximate surface area is 140 Å². The first-order valence-corrected chi connectivity index (χ1v) is 8.45. The summed E-state index contributed by atoms with van der Waals surface area (Å²) in [7, 11) is 4.13. The molecule has 1 aromatic heterocycles. The van der Waals surface area contributed by atoms with Gasteiger partial charge in [0.1, 0.15) is 6.10 Å². The molecule has 3 nitrogen and oxygen atoms in total. The van der Waals surface area contributed by atoms with E-state index in [4.69, 9.17) is 4.74 Å². The summed E-state index contributed by atoms with van der Waals surface area (Å²) in [6, 6.07) is 12.6. The van der Waals surface area contributed by atoms with Gasteiger partial charge in [0.25, 0.3) is 0 Å². The van der Waals surface area contributed by atoms with Crippen LogP contribution in [0.2, 0.25) is 0 Å². The van der Waals surface area contributed by atoms with E-state index < -0.39 is 0 Å². The average molecular weight is 312 g/mol. The largest absolute Gasteiger partial charge is 0.366 e. The molecular formula is C20H28N2O. The molecule has 0 aliphatic heterocycles. The van der Waals surface area contributed by atoms with E-state index in [1.165, 1.54) is 16.7 Å². The number of nitrogens with zero attached hydrogens (tertiary/aromatic N) is 2. The van der Waals surface area contributed by atoms with Crippen molar-refractivity contribution < 1.29 is 4.74 Å². The first kappa shape index (κ1) is 17.6. The van der Waals surface area contributed by atoms with Gasteiger partial charge in [-0.15, -0.1) is 0 Å². The standard InChI is InChI=1S/C20H28N2O/c1-5-16-10-9-11-17(6-2)19(16)20(23-15-14-22(3)4)18-12-7-8-13-21-18/h7-13,20H,5-6,14-15H2,1-4H3. The van der Waals surface area contributed by atoms with Gasteiger partial charge in [-0.1, -0.05) is 38.1 Å². The van der Waals surface area contributed by atoms with E-state index in [9.17, 15) is 0 Å². The molecule has 0 spiro atoms. The fourth-order valence-corrected chi connectivity index (χ4v) is 2.82. The van der Waals surface area contributed by atoms with Gasteiger partial charge < -0.3 is 9.64 Å². The highest BCUT2D eigenvalue weighted by Crippen LogP contribution is 2.31. The molecule has 3 heteroatoms. The highest BCUT2D eigenvalue weighted by atomic mass is 16.5. The SMILES string of the molecule is CCc1cccc(CC)c1C(OCCN(C)C)c1ccccn1. The summed E-state index contributed by atoms with van der Waals surface area (Å²) in [5, 5.41) is 0. The molecule has 0 fully saturated rings. The summed E-state index contributed by atoms with van der Waals surface area (Å²) < 4.78 is 6.31. The van der Waals surface area contributed by atoms with Crippen LogP contribution in [-0.2, 0) is 17.6 Å². The Morgan fingerprint density at radius 3 is 2.22 bits per heavy atom. The second-order valence-corrected chi connectivity index (χ2v) is 6.01. The number of benzene rings is 1.